The Hall–Kier alpha value is -3.52. The van der Waals surface area contributed by atoms with Crippen molar-refractivity contribution in [2.75, 3.05) is 70.4 Å². The molecule has 1 fully saturated rings. The first-order valence-electron chi connectivity index (χ1n) is 14.9. The highest BCUT2D eigenvalue weighted by atomic mass is 32.2. The highest BCUT2D eigenvalue weighted by molar-refractivity contribution is 7.89. The molecule has 4 rings (SSSR count). The number of aliphatic hydroxyl groups excluding tert-OH is 3. The van der Waals surface area contributed by atoms with Crippen LogP contribution in [0.3, 0.4) is 0 Å². The number of aromatic nitrogens is 1. The fourth-order valence-corrected chi connectivity index (χ4v) is 6.47. The van der Waals surface area contributed by atoms with Crippen LogP contribution in [-0.2, 0) is 10.0 Å². The van der Waals surface area contributed by atoms with Gasteiger partial charge < -0.3 is 40.2 Å². The Labute approximate surface area is 266 Å². The summed E-state index contributed by atoms with van der Waals surface area (Å²) in [6.45, 7) is -0.216. The SMILES string of the molecule is COc1cc(S(=O)(=O)NCCO)ccc1NCC#Cc1cc2c(NC3CCN(CC(O)CO)CC3)cccc2n1C(CF)C(F)F. The number of piperidine rings is 1. The van der Waals surface area contributed by atoms with Crippen molar-refractivity contribution >= 4 is 32.3 Å². The number of anilines is 2. The summed E-state index contributed by atoms with van der Waals surface area (Å²) < 4.78 is 75.6. The minimum atomic E-state index is -3.85. The van der Waals surface area contributed by atoms with Crippen LogP contribution < -0.4 is 20.1 Å². The number of fused-ring (bicyclic) bond motifs is 1. The zero-order valence-corrected chi connectivity index (χ0v) is 26.2. The van der Waals surface area contributed by atoms with E-state index in [0.717, 1.165) is 12.8 Å². The molecule has 6 N–H and O–H groups in total. The molecule has 11 nitrogen and oxygen atoms in total. The summed E-state index contributed by atoms with van der Waals surface area (Å²) >= 11 is 0. The number of nitrogens with zero attached hydrogens (tertiary/aromatic N) is 2. The molecule has 3 aromatic rings. The molecule has 0 saturated carbocycles. The van der Waals surface area contributed by atoms with Gasteiger partial charge in [0.1, 0.15) is 18.5 Å². The molecule has 2 aromatic carbocycles. The van der Waals surface area contributed by atoms with Crippen molar-refractivity contribution in [3.8, 4) is 17.6 Å². The topological polar surface area (TPSA) is 148 Å². The summed E-state index contributed by atoms with van der Waals surface area (Å²) in [5.74, 6) is 6.02. The van der Waals surface area contributed by atoms with Gasteiger partial charge in [-0.25, -0.2) is 26.3 Å². The third-order valence-electron chi connectivity index (χ3n) is 7.76. The van der Waals surface area contributed by atoms with Crippen molar-refractivity contribution in [3.05, 3.63) is 48.2 Å². The number of benzene rings is 2. The highest BCUT2D eigenvalue weighted by Crippen LogP contribution is 2.33. The molecule has 2 unspecified atom stereocenters. The molecule has 1 aliphatic heterocycles. The maximum Gasteiger partial charge on any atom is 0.261 e. The molecule has 0 amide bonds. The normalized spacial score (nSPS) is 15.8. The third-order valence-corrected chi connectivity index (χ3v) is 9.22. The monoisotopic (exact) mass is 667 g/mol. The Bertz CT molecular complexity index is 1620. The molecule has 1 aliphatic rings. The van der Waals surface area contributed by atoms with Crippen LogP contribution in [0.25, 0.3) is 10.9 Å². The first-order valence-corrected chi connectivity index (χ1v) is 16.4. The molecule has 252 valence electrons. The smallest absolute Gasteiger partial charge is 0.261 e. The zero-order chi connectivity index (χ0) is 33.3. The average molecular weight is 668 g/mol. The Morgan fingerprint density at radius 2 is 1.87 bits per heavy atom. The minimum absolute atomic E-state index is 0.0381. The number of hydrogen-bond acceptors (Lipinski definition) is 9. The predicted octanol–water partition coefficient (Wildman–Crippen LogP) is 2.39. The van der Waals surface area contributed by atoms with Crippen molar-refractivity contribution in [2.24, 2.45) is 0 Å². The summed E-state index contributed by atoms with van der Waals surface area (Å²) in [6, 6.07) is 9.42. The van der Waals surface area contributed by atoms with Gasteiger partial charge >= 0.3 is 0 Å². The Morgan fingerprint density at radius 1 is 1.11 bits per heavy atom. The van der Waals surface area contributed by atoms with Crippen molar-refractivity contribution in [1.29, 1.82) is 0 Å². The lowest BCUT2D eigenvalue weighted by molar-refractivity contribution is 0.0522. The van der Waals surface area contributed by atoms with E-state index in [0.29, 0.717) is 41.9 Å². The van der Waals surface area contributed by atoms with Gasteiger partial charge in [-0.15, -0.1) is 0 Å². The number of nitrogens with one attached hydrogen (secondary N) is 3. The predicted molar refractivity (Wildman–Crippen MR) is 170 cm³/mol. The van der Waals surface area contributed by atoms with Crippen LogP contribution in [0.4, 0.5) is 24.5 Å². The van der Waals surface area contributed by atoms with Gasteiger partial charge in [0.2, 0.25) is 10.0 Å². The quantitative estimate of drug-likeness (QED) is 0.135. The van der Waals surface area contributed by atoms with E-state index in [4.69, 9.17) is 14.9 Å². The summed E-state index contributed by atoms with van der Waals surface area (Å²) in [5.41, 5.74) is 1.79. The lowest BCUT2D eigenvalue weighted by Gasteiger charge is -2.33. The summed E-state index contributed by atoms with van der Waals surface area (Å²) in [6.07, 6.45) is -2.22. The van der Waals surface area contributed by atoms with Gasteiger partial charge in [-0.3, -0.25) is 0 Å². The number of rotatable bonds is 15. The average Bonchev–Trinajstić information content (AvgIpc) is 3.41. The molecule has 2 heterocycles. The van der Waals surface area contributed by atoms with E-state index in [1.54, 1.807) is 18.2 Å². The Morgan fingerprint density at radius 3 is 2.52 bits per heavy atom. The fraction of sp³-hybridized carbons (Fsp3) is 0.484. The van der Waals surface area contributed by atoms with Gasteiger partial charge in [-0.05, 0) is 49.1 Å². The van der Waals surface area contributed by atoms with E-state index in [1.807, 2.05) is 6.07 Å². The van der Waals surface area contributed by atoms with Crippen LogP contribution >= 0.6 is 0 Å². The molecule has 0 bridgehead atoms. The van der Waals surface area contributed by atoms with Crippen LogP contribution in [0.5, 0.6) is 5.75 Å². The lowest BCUT2D eigenvalue weighted by Crippen LogP contribution is -2.43. The number of halogens is 3. The number of likely N-dealkylation sites (tertiary alicyclic amines) is 1. The van der Waals surface area contributed by atoms with Crippen LogP contribution in [0.15, 0.2) is 47.4 Å². The van der Waals surface area contributed by atoms with Gasteiger partial charge in [0.05, 0.1) is 54.8 Å². The van der Waals surface area contributed by atoms with E-state index in [9.17, 15) is 26.7 Å². The van der Waals surface area contributed by atoms with Crippen molar-refractivity contribution < 1.29 is 41.6 Å². The lowest BCUT2D eigenvalue weighted by atomic mass is 10.0. The Balaban J connectivity index is 1.55. The zero-order valence-electron chi connectivity index (χ0n) is 25.4. The molecule has 46 heavy (non-hydrogen) atoms. The molecule has 2 atom stereocenters. The number of hydrogen-bond donors (Lipinski definition) is 6. The second-order valence-electron chi connectivity index (χ2n) is 10.9. The second-order valence-corrected chi connectivity index (χ2v) is 12.7. The van der Waals surface area contributed by atoms with E-state index in [2.05, 4.69) is 32.1 Å². The van der Waals surface area contributed by atoms with Gasteiger partial charge in [0, 0.05) is 49.4 Å². The molecule has 15 heteroatoms. The van der Waals surface area contributed by atoms with Crippen molar-refractivity contribution in [2.45, 2.75) is 42.4 Å². The van der Waals surface area contributed by atoms with Gasteiger partial charge in [-0.1, -0.05) is 12.0 Å². The van der Waals surface area contributed by atoms with Crippen LogP contribution in [-0.4, -0.2) is 111 Å². The first-order chi connectivity index (χ1) is 22.1. The molecule has 0 radical (unpaired) electrons. The highest BCUT2D eigenvalue weighted by Gasteiger charge is 2.27. The number of alkyl halides is 3. The van der Waals surface area contributed by atoms with Gasteiger partial charge in [0.25, 0.3) is 6.43 Å². The molecular weight excluding hydrogens is 627 g/mol. The first kappa shape index (κ1) is 35.3. The third kappa shape index (κ3) is 8.64. The van der Waals surface area contributed by atoms with E-state index in [1.165, 1.54) is 29.9 Å². The van der Waals surface area contributed by atoms with E-state index < -0.39 is 35.3 Å². The number of β-amino-alcohol motifs (C(OH)–C–C–N with tert-alkyl or cyclic N) is 1. The summed E-state index contributed by atoms with van der Waals surface area (Å²) in [4.78, 5) is 2.02. The summed E-state index contributed by atoms with van der Waals surface area (Å²) in [7, 11) is -2.48. The maximum absolute atomic E-state index is 14.0. The molecule has 1 saturated heterocycles. The number of sulfonamides is 1. The van der Waals surface area contributed by atoms with Gasteiger partial charge in [0.15, 0.2) is 0 Å². The standard InChI is InChI=1S/C31H40F3N5O6S/c1-45-30-17-24(46(43,44)36-12-15-40)7-8-27(30)35-11-3-4-22-16-25-26(5-2-6-28(25)39(22)29(18-32)31(33)34)37-21-9-13-38(14-10-21)19-23(42)20-41/h2,5-8,16-17,21,23,29,31,35-37,40-42H,9-15,18-20H2,1H3. The van der Waals surface area contributed by atoms with Crippen molar-refractivity contribution in [1.82, 2.24) is 14.2 Å². The Kier molecular flexibility index (Phi) is 12.6. The second kappa shape index (κ2) is 16.3. The minimum Gasteiger partial charge on any atom is -0.495 e. The maximum atomic E-state index is 14.0. The molecule has 1 aromatic heterocycles. The largest absolute Gasteiger partial charge is 0.495 e. The summed E-state index contributed by atoms with van der Waals surface area (Å²) in [5, 5.41) is 34.9. The number of methoxy groups -OCH3 is 1. The number of ether oxygens (including phenoxy) is 1. The van der Waals surface area contributed by atoms with Gasteiger partial charge in [-0.2, -0.15) is 0 Å². The van der Waals surface area contributed by atoms with Crippen molar-refractivity contribution in [3.63, 3.8) is 0 Å². The van der Waals surface area contributed by atoms with Crippen LogP contribution in [0.2, 0.25) is 0 Å². The van der Waals surface area contributed by atoms with Crippen LogP contribution in [0, 0.1) is 11.8 Å². The molecular formula is C31H40F3N5O6S. The van der Waals surface area contributed by atoms with E-state index >= 15 is 0 Å². The molecule has 0 aliphatic carbocycles. The fourth-order valence-electron chi connectivity index (χ4n) is 5.44. The van der Waals surface area contributed by atoms with Crippen LogP contribution in [0.1, 0.15) is 24.6 Å². The molecule has 0 spiro atoms. The number of aliphatic hydroxyl groups is 3. The van der Waals surface area contributed by atoms with E-state index in [-0.39, 0.29) is 48.7 Å².